The predicted octanol–water partition coefficient (Wildman–Crippen LogP) is 1.68. The number of nitrogens with one attached hydrogen (secondary N) is 1. The summed E-state index contributed by atoms with van der Waals surface area (Å²) in [6, 6.07) is 0.318. The molecule has 1 atom stereocenters. The van der Waals surface area contributed by atoms with E-state index in [0.29, 0.717) is 6.04 Å². The highest BCUT2D eigenvalue weighted by atomic mass is 32.2. The van der Waals surface area contributed by atoms with Gasteiger partial charge in [-0.1, -0.05) is 11.3 Å². The molecule has 0 fully saturated rings. The maximum Gasteiger partial charge on any atom is 0.134 e. The van der Waals surface area contributed by atoms with Crippen LogP contribution in [-0.2, 0) is 5.75 Å². The zero-order valence-electron chi connectivity index (χ0n) is 7.50. The Kier molecular flexibility index (Phi) is 3.97. The molecule has 1 aromatic rings. The second-order valence-electron chi connectivity index (χ2n) is 2.48. The van der Waals surface area contributed by atoms with E-state index in [9.17, 15) is 0 Å². The molecular weight excluding hydrogens is 190 g/mol. The fourth-order valence-corrected chi connectivity index (χ4v) is 2.34. The van der Waals surface area contributed by atoms with E-state index < -0.39 is 0 Å². The summed E-state index contributed by atoms with van der Waals surface area (Å²) in [7, 11) is 1.93. The number of aromatic nitrogens is 2. The lowest BCUT2D eigenvalue weighted by Gasteiger charge is -2.02. The highest BCUT2D eigenvalue weighted by Crippen LogP contribution is 2.19. The lowest BCUT2D eigenvalue weighted by atomic mass is 10.4. The number of nitrogens with zero attached hydrogens (tertiary/aromatic N) is 2. The third-order valence-corrected chi connectivity index (χ3v) is 3.40. The first-order valence-electron chi connectivity index (χ1n) is 3.76. The Morgan fingerprint density at radius 3 is 2.92 bits per heavy atom. The minimum Gasteiger partial charge on any atom is -0.311 e. The molecule has 0 saturated carbocycles. The Bertz CT molecular complexity index is 236. The van der Waals surface area contributed by atoms with E-state index in [4.69, 9.17) is 0 Å². The van der Waals surface area contributed by atoms with E-state index >= 15 is 0 Å². The number of hydrogen-bond donors (Lipinski definition) is 1. The Hall–Kier alpha value is -0.130. The Labute approximate surface area is 81.0 Å². The van der Waals surface area contributed by atoms with Crippen molar-refractivity contribution >= 4 is 23.1 Å². The molecule has 0 aliphatic carbocycles. The third kappa shape index (κ3) is 2.43. The SMILES string of the molecule is CNC(C)c1nnc(CSC)s1. The molecular formula is C7H13N3S2. The van der Waals surface area contributed by atoms with Gasteiger partial charge in [-0.25, -0.2) is 0 Å². The van der Waals surface area contributed by atoms with Gasteiger partial charge in [0.2, 0.25) is 0 Å². The van der Waals surface area contributed by atoms with Crippen LogP contribution >= 0.6 is 23.1 Å². The van der Waals surface area contributed by atoms with Crippen molar-refractivity contribution in [2.45, 2.75) is 18.7 Å². The highest BCUT2D eigenvalue weighted by Gasteiger charge is 2.08. The summed E-state index contributed by atoms with van der Waals surface area (Å²) in [5, 5.41) is 13.5. The summed E-state index contributed by atoms with van der Waals surface area (Å²) in [4.78, 5) is 0. The van der Waals surface area contributed by atoms with E-state index in [1.165, 1.54) is 0 Å². The zero-order valence-corrected chi connectivity index (χ0v) is 9.13. The zero-order chi connectivity index (χ0) is 8.97. The molecule has 1 rings (SSSR count). The third-order valence-electron chi connectivity index (χ3n) is 1.55. The molecule has 1 heterocycles. The maximum absolute atomic E-state index is 4.10. The molecule has 12 heavy (non-hydrogen) atoms. The minimum absolute atomic E-state index is 0.318. The summed E-state index contributed by atoms with van der Waals surface area (Å²) in [5.74, 6) is 0.966. The van der Waals surface area contributed by atoms with E-state index in [1.807, 2.05) is 7.05 Å². The molecule has 0 radical (unpaired) electrons. The van der Waals surface area contributed by atoms with E-state index in [0.717, 1.165) is 15.8 Å². The Morgan fingerprint density at radius 2 is 2.33 bits per heavy atom. The smallest absolute Gasteiger partial charge is 0.134 e. The predicted molar refractivity (Wildman–Crippen MR) is 54.6 cm³/mol. The molecule has 3 nitrogen and oxygen atoms in total. The van der Waals surface area contributed by atoms with Gasteiger partial charge in [0, 0.05) is 5.75 Å². The Morgan fingerprint density at radius 1 is 1.58 bits per heavy atom. The van der Waals surface area contributed by atoms with E-state index in [-0.39, 0.29) is 0 Å². The molecule has 0 spiro atoms. The first kappa shape index (κ1) is 9.95. The molecule has 5 heteroatoms. The number of thioether (sulfide) groups is 1. The van der Waals surface area contributed by atoms with E-state index in [1.54, 1.807) is 23.1 Å². The van der Waals surface area contributed by atoms with Crippen LogP contribution in [0, 0.1) is 0 Å². The van der Waals surface area contributed by atoms with E-state index in [2.05, 4.69) is 28.7 Å². The van der Waals surface area contributed by atoms with Crippen molar-refractivity contribution in [1.29, 1.82) is 0 Å². The van der Waals surface area contributed by atoms with Crippen molar-refractivity contribution < 1.29 is 0 Å². The lowest BCUT2D eigenvalue weighted by Crippen LogP contribution is -2.11. The normalized spacial score (nSPS) is 13.2. The van der Waals surface area contributed by atoms with Crippen LogP contribution in [0.3, 0.4) is 0 Å². The van der Waals surface area contributed by atoms with Gasteiger partial charge in [-0.15, -0.1) is 10.2 Å². The van der Waals surface area contributed by atoms with Crippen LogP contribution in [0.5, 0.6) is 0 Å². The maximum atomic E-state index is 4.10. The summed E-state index contributed by atoms with van der Waals surface area (Å²) in [5.41, 5.74) is 0. The Balaban J connectivity index is 2.63. The summed E-state index contributed by atoms with van der Waals surface area (Å²) >= 11 is 3.46. The van der Waals surface area contributed by atoms with Gasteiger partial charge in [0.25, 0.3) is 0 Å². The average molecular weight is 203 g/mol. The largest absolute Gasteiger partial charge is 0.311 e. The van der Waals surface area contributed by atoms with Crippen LogP contribution in [-0.4, -0.2) is 23.5 Å². The van der Waals surface area contributed by atoms with Gasteiger partial charge in [0.1, 0.15) is 10.0 Å². The molecule has 0 aliphatic rings. The highest BCUT2D eigenvalue weighted by molar-refractivity contribution is 7.97. The molecule has 68 valence electrons. The number of rotatable bonds is 4. The van der Waals surface area contributed by atoms with Crippen LogP contribution in [0.1, 0.15) is 23.0 Å². The molecule has 0 aromatic carbocycles. The van der Waals surface area contributed by atoms with Crippen molar-refractivity contribution in [3.05, 3.63) is 10.0 Å². The second kappa shape index (κ2) is 4.79. The first-order valence-corrected chi connectivity index (χ1v) is 5.97. The number of hydrogen-bond acceptors (Lipinski definition) is 5. The molecule has 0 amide bonds. The second-order valence-corrected chi connectivity index (χ2v) is 4.44. The standard InChI is InChI=1S/C7H13N3S2/c1-5(8-2)7-10-9-6(12-7)4-11-3/h5,8H,4H2,1-3H3. The minimum atomic E-state index is 0.318. The van der Waals surface area contributed by atoms with Crippen molar-refractivity contribution in [2.24, 2.45) is 0 Å². The van der Waals surface area contributed by atoms with Gasteiger partial charge in [0.05, 0.1) is 6.04 Å². The summed E-state index contributed by atoms with van der Waals surface area (Å²) in [6.45, 7) is 2.09. The summed E-state index contributed by atoms with van der Waals surface area (Å²) < 4.78 is 0. The quantitative estimate of drug-likeness (QED) is 0.808. The lowest BCUT2D eigenvalue weighted by molar-refractivity contribution is 0.639. The van der Waals surface area contributed by atoms with Crippen molar-refractivity contribution in [1.82, 2.24) is 15.5 Å². The van der Waals surface area contributed by atoms with Crippen LogP contribution in [0.2, 0.25) is 0 Å². The van der Waals surface area contributed by atoms with Crippen LogP contribution in [0.15, 0.2) is 0 Å². The van der Waals surface area contributed by atoms with Gasteiger partial charge in [0.15, 0.2) is 0 Å². The van der Waals surface area contributed by atoms with Gasteiger partial charge < -0.3 is 5.32 Å². The van der Waals surface area contributed by atoms with Crippen LogP contribution in [0.4, 0.5) is 0 Å². The van der Waals surface area contributed by atoms with Crippen molar-refractivity contribution in [2.75, 3.05) is 13.3 Å². The van der Waals surface area contributed by atoms with Gasteiger partial charge >= 0.3 is 0 Å². The van der Waals surface area contributed by atoms with Gasteiger partial charge in [-0.2, -0.15) is 11.8 Å². The molecule has 1 N–H and O–H groups in total. The topological polar surface area (TPSA) is 37.8 Å². The van der Waals surface area contributed by atoms with Crippen LogP contribution in [0.25, 0.3) is 0 Å². The average Bonchev–Trinajstić information content (AvgIpc) is 2.52. The van der Waals surface area contributed by atoms with Crippen molar-refractivity contribution in [3.8, 4) is 0 Å². The monoisotopic (exact) mass is 203 g/mol. The van der Waals surface area contributed by atoms with Crippen LogP contribution < -0.4 is 5.32 Å². The first-order chi connectivity index (χ1) is 5.77. The molecule has 1 unspecified atom stereocenters. The molecule has 0 aliphatic heterocycles. The van der Waals surface area contributed by atoms with Gasteiger partial charge in [-0.05, 0) is 20.2 Å². The fraction of sp³-hybridized carbons (Fsp3) is 0.714. The van der Waals surface area contributed by atoms with Crippen molar-refractivity contribution in [3.63, 3.8) is 0 Å². The molecule has 0 saturated heterocycles. The van der Waals surface area contributed by atoms with Gasteiger partial charge in [-0.3, -0.25) is 0 Å². The summed E-state index contributed by atoms with van der Waals surface area (Å²) in [6.07, 6.45) is 2.07. The molecule has 1 aromatic heterocycles. The molecule has 0 bridgehead atoms. The fourth-order valence-electron chi connectivity index (χ4n) is 0.747.